The lowest BCUT2D eigenvalue weighted by atomic mass is 10.2. The Labute approximate surface area is 127 Å². The van der Waals surface area contributed by atoms with Crippen LogP contribution < -0.4 is 5.09 Å². The Morgan fingerprint density at radius 1 is 1.10 bits per heavy atom. The van der Waals surface area contributed by atoms with Crippen LogP contribution in [0.3, 0.4) is 0 Å². The summed E-state index contributed by atoms with van der Waals surface area (Å²) in [6.07, 6.45) is -0.658. The first kappa shape index (κ1) is 17.4. The second-order valence-electron chi connectivity index (χ2n) is 4.75. The van der Waals surface area contributed by atoms with E-state index < -0.39 is 13.7 Å². The van der Waals surface area contributed by atoms with Gasteiger partial charge in [0.05, 0.1) is 12.2 Å². The fourth-order valence-electron chi connectivity index (χ4n) is 1.42. The minimum Gasteiger partial charge on any atom is -0.289 e. The molecule has 1 amide bonds. The van der Waals surface area contributed by atoms with Gasteiger partial charge in [0.25, 0.3) is 5.91 Å². The number of benzene rings is 1. The Bertz CT molecular complexity index is 488. The maximum absolute atomic E-state index is 12.5. The quantitative estimate of drug-likeness (QED) is 0.771. The van der Waals surface area contributed by atoms with Gasteiger partial charge in [-0.15, -0.1) is 0 Å². The van der Waals surface area contributed by atoms with Crippen LogP contribution in [0.1, 0.15) is 38.1 Å². The monoisotopic (exact) mass is 363 g/mol. The van der Waals surface area contributed by atoms with Crippen LogP contribution in [0.15, 0.2) is 28.7 Å². The molecule has 0 aromatic heterocycles. The molecule has 0 saturated heterocycles. The fourth-order valence-corrected chi connectivity index (χ4v) is 3.33. The van der Waals surface area contributed by atoms with Gasteiger partial charge in [-0.05, 0) is 52.0 Å². The Morgan fingerprint density at radius 3 is 1.95 bits per heavy atom. The van der Waals surface area contributed by atoms with E-state index in [0.717, 1.165) is 4.47 Å². The molecule has 5 nitrogen and oxygen atoms in total. The Morgan fingerprint density at radius 2 is 1.55 bits per heavy atom. The molecule has 1 aromatic carbocycles. The SMILES string of the molecule is CC(C)OP(=O)(NC(=O)c1ccc(Br)cc1)OC(C)C. The Balaban J connectivity index is 2.86. The molecule has 20 heavy (non-hydrogen) atoms. The number of halogens is 1. The first-order chi connectivity index (χ1) is 9.22. The van der Waals surface area contributed by atoms with Gasteiger partial charge in [0.15, 0.2) is 0 Å². The van der Waals surface area contributed by atoms with Crippen molar-refractivity contribution >= 4 is 29.6 Å². The molecule has 0 radical (unpaired) electrons. The molecular weight excluding hydrogens is 345 g/mol. The standard InChI is InChI=1S/C13H19BrNO4P/c1-9(2)18-20(17,19-10(3)4)15-13(16)11-5-7-12(14)8-6-11/h5-10H,1-4H3,(H,15,16,17). The van der Waals surface area contributed by atoms with Gasteiger partial charge in [-0.3, -0.25) is 18.9 Å². The molecule has 7 heteroatoms. The third-order valence-corrected chi connectivity index (χ3v) is 4.45. The minimum atomic E-state index is -3.68. The van der Waals surface area contributed by atoms with Gasteiger partial charge in [0.1, 0.15) is 0 Å². The number of nitrogens with one attached hydrogen (secondary N) is 1. The highest BCUT2D eigenvalue weighted by atomic mass is 79.9. The second kappa shape index (κ2) is 7.36. The molecule has 0 saturated carbocycles. The molecule has 0 atom stereocenters. The van der Waals surface area contributed by atoms with E-state index in [1.807, 2.05) is 0 Å². The van der Waals surface area contributed by atoms with Crippen molar-refractivity contribution < 1.29 is 18.4 Å². The summed E-state index contributed by atoms with van der Waals surface area (Å²) in [4.78, 5) is 12.1. The lowest BCUT2D eigenvalue weighted by Crippen LogP contribution is -2.25. The molecule has 112 valence electrons. The predicted octanol–water partition coefficient (Wildman–Crippen LogP) is 4.14. The Hall–Kier alpha value is -0.680. The summed E-state index contributed by atoms with van der Waals surface area (Å²) >= 11 is 3.29. The van der Waals surface area contributed by atoms with Crippen molar-refractivity contribution in [3.63, 3.8) is 0 Å². The van der Waals surface area contributed by atoms with E-state index in [0.29, 0.717) is 5.56 Å². The van der Waals surface area contributed by atoms with Crippen molar-refractivity contribution in [3.8, 4) is 0 Å². The average Bonchev–Trinajstić information content (AvgIpc) is 2.26. The summed E-state index contributed by atoms with van der Waals surface area (Å²) in [5.41, 5.74) is 0.383. The average molecular weight is 364 g/mol. The summed E-state index contributed by atoms with van der Waals surface area (Å²) in [5, 5.41) is 2.35. The molecule has 0 aliphatic rings. The van der Waals surface area contributed by atoms with Crippen molar-refractivity contribution in [2.45, 2.75) is 39.9 Å². The maximum atomic E-state index is 12.5. The predicted molar refractivity (Wildman–Crippen MR) is 81.7 cm³/mol. The minimum absolute atomic E-state index is 0.329. The third kappa shape index (κ3) is 5.75. The van der Waals surface area contributed by atoms with Gasteiger partial charge in [-0.25, -0.2) is 4.57 Å². The van der Waals surface area contributed by atoms with Crippen molar-refractivity contribution in [2.75, 3.05) is 0 Å². The topological polar surface area (TPSA) is 64.6 Å². The van der Waals surface area contributed by atoms with E-state index in [-0.39, 0.29) is 12.2 Å². The molecule has 1 rings (SSSR count). The van der Waals surface area contributed by atoms with E-state index in [1.54, 1.807) is 52.0 Å². The van der Waals surface area contributed by atoms with Crippen LogP contribution >= 0.6 is 23.7 Å². The molecule has 0 unspecified atom stereocenters. The summed E-state index contributed by atoms with van der Waals surface area (Å²) in [6, 6.07) is 6.70. The number of rotatable bonds is 6. The molecule has 0 heterocycles. The molecule has 1 aromatic rings. The van der Waals surface area contributed by atoms with E-state index >= 15 is 0 Å². The number of amides is 1. The smallest absolute Gasteiger partial charge is 0.289 e. The van der Waals surface area contributed by atoms with Crippen molar-refractivity contribution in [2.24, 2.45) is 0 Å². The van der Waals surface area contributed by atoms with Crippen LogP contribution in [0.5, 0.6) is 0 Å². The lowest BCUT2D eigenvalue weighted by Gasteiger charge is -2.22. The molecule has 1 N–H and O–H groups in total. The summed E-state index contributed by atoms with van der Waals surface area (Å²) in [6.45, 7) is 6.90. The van der Waals surface area contributed by atoms with Gasteiger partial charge in [-0.1, -0.05) is 15.9 Å². The van der Waals surface area contributed by atoms with Crippen molar-refractivity contribution in [1.82, 2.24) is 5.09 Å². The van der Waals surface area contributed by atoms with Crippen LogP contribution in [0, 0.1) is 0 Å². The Kier molecular flexibility index (Phi) is 6.40. The van der Waals surface area contributed by atoms with Gasteiger partial charge in [-0.2, -0.15) is 0 Å². The van der Waals surface area contributed by atoms with Crippen molar-refractivity contribution in [3.05, 3.63) is 34.3 Å². The summed E-state index contributed by atoms with van der Waals surface area (Å²) in [5.74, 6) is -0.498. The highest BCUT2D eigenvalue weighted by Gasteiger charge is 2.30. The van der Waals surface area contributed by atoms with E-state index in [1.165, 1.54) is 0 Å². The molecule has 0 aliphatic carbocycles. The summed E-state index contributed by atoms with van der Waals surface area (Å²) < 4.78 is 23.9. The highest BCUT2D eigenvalue weighted by molar-refractivity contribution is 9.10. The second-order valence-corrected chi connectivity index (χ2v) is 7.31. The highest BCUT2D eigenvalue weighted by Crippen LogP contribution is 2.46. The number of carbonyl (C=O) groups is 1. The lowest BCUT2D eigenvalue weighted by molar-refractivity contribution is 0.0931. The molecular formula is C13H19BrNO4P. The van der Waals surface area contributed by atoms with Crippen LogP contribution in [0.4, 0.5) is 0 Å². The van der Waals surface area contributed by atoms with E-state index in [2.05, 4.69) is 21.0 Å². The van der Waals surface area contributed by atoms with Gasteiger partial charge in [0.2, 0.25) is 0 Å². The molecule has 0 aliphatic heterocycles. The van der Waals surface area contributed by atoms with E-state index in [4.69, 9.17) is 9.05 Å². The number of carbonyl (C=O) groups excluding carboxylic acids is 1. The number of hydrogen-bond acceptors (Lipinski definition) is 4. The summed E-state index contributed by atoms with van der Waals surface area (Å²) in [7, 11) is -3.68. The zero-order valence-corrected chi connectivity index (χ0v) is 14.4. The van der Waals surface area contributed by atoms with Crippen LogP contribution in [0.25, 0.3) is 0 Å². The molecule has 0 bridgehead atoms. The third-order valence-electron chi connectivity index (χ3n) is 2.04. The van der Waals surface area contributed by atoms with Gasteiger partial charge < -0.3 is 0 Å². The van der Waals surface area contributed by atoms with E-state index in [9.17, 15) is 9.36 Å². The van der Waals surface area contributed by atoms with Gasteiger partial charge >= 0.3 is 7.75 Å². The fraction of sp³-hybridized carbons (Fsp3) is 0.462. The van der Waals surface area contributed by atoms with Gasteiger partial charge in [0, 0.05) is 10.0 Å². The zero-order valence-electron chi connectivity index (χ0n) is 11.9. The first-order valence-electron chi connectivity index (χ1n) is 6.27. The molecule has 0 spiro atoms. The normalized spacial score (nSPS) is 11.9. The molecule has 0 fully saturated rings. The maximum Gasteiger partial charge on any atom is 0.435 e. The number of hydrogen-bond donors (Lipinski definition) is 1. The van der Waals surface area contributed by atoms with Crippen LogP contribution in [-0.4, -0.2) is 18.1 Å². The van der Waals surface area contributed by atoms with Crippen LogP contribution in [0.2, 0.25) is 0 Å². The largest absolute Gasteiger partial charge is 0.435 e. The van der Waals surface area contributed by atoms with Crippen LogP contribution in [-0.2, 0) is 13.6 Å². The zero-order chi connectivity index (χ0) is 15.3. The first-order valence-corrected chi connectivity index (χ1v) is 8.60. The van der Waals surface area contributed by atoms with Crippen molar-refractivity contribution in [1.29, 1.82) is 0 Å².